The van der Waals surface area contributed by atoms with E-state index in [4.69, 9.17) is 16.3 Å². The number of rotatable bonds is 11. The zero-order valence-electron chi connectivity index (χ0n) is 22.2. The molecule has 4 rings (SSSR count). The maximum atomic E-state index is 13.5. The zero-order chi connectivity index (χ0) is 29.6. The number of hydrogen-bond acceptors (Lipinski definition) is 6. The third kappa shape index (κ3) is 7.57. The third-order valence-electron chi connectivity index (χ3n) is 5.88. The molecule has 2 N–H and O–H groups in total. The molecule has 0 heterocycles. The first kappa shape index (κ1) is 29.9. The van der Waals surface area contributed by atoms with Gasteiger partial charge in [0, 0.05) is 16.4 Å². The largest absolute Gasteiger partial charge is 0.494 e. The van der Waals surface area contributed by atoms with Crippen LogP contribution in [0.4, 0.5) is 17.1 Å². The highest BCUT2D eigenvalue weighted by molar-refractivity contribution is 7.93. The lowest BCUT2D eigenvalue weighted by Crippen LogP contribution is -2.38. The monoisotopic (exact) mass is 613 g/mol. The zero-order valence-corrected chi connectivity index (χ0v) is 24.6. The van der Waals surface area contributed by atoms with Crippen LogP contribution in [0.1, 0.15) is 12.5 Å². The van der Waals surface area contributed by atoms with Crippen LogP contribution in [0, 0.1) is 6.92 Å². The minimum absolute atomic E-state index is 0.0176. The molecule has 0 bridgehead atoms. The number of nitrogens with one attached hydrogen (secondary N) is 2. The molecule has 0 saturated heterocycles. The summed E-state index contributed by atoms with van der Waals surface area (Å²) in [6.07, 6.45) is 0. The van der Waals surface area contributed by atoms with Gasteiger partial charge in [-0.25, -0.2) is 16.8 Å². The van der Waals surface area contributed by atoms with Gasteiger partial charge in [0.1, 0.15) is 12.3 Å². The fraction of sp³-hybridized carbons (Fsp3) is 0.138. The lowest BCUT2D eigenvalue weighted by molar-refractivity contribution is -0.114. The van der Waals surface area contributed by atoms with E-state index in [0.29, 0.717) is 34.4 Å². The first-order chi connectivity index (χ1) is 19.5. The molecule has 0 aliphatic carbocycles. The number of anilines is 3. The van der Waals surface area contributed by atoms with Crippen LogP contribution in [0.2, 0.25) is 5.02 Å². The normalized spacial score (nSPS) is 11.5. The van der Waals surface area contributed by atoms with Gasteiger partial charge in [0.25, 0.3) is 20.0 Å². The highest BCUT2D eigenvalue weighted by atomic mass is 35.5. The number of hydrogen-bond donors (Lipinski definition) is 2. The molecule has 41 heavy (non-hydrogen) atoms. The summed E-state index contributed by atoms with van der Waals surface area (Å²) in [6, 6.07) is 24.4. The predicted molar refractivity (Wildman–Crippen MR) is 161 cm³/mol. The van der Waals surface area contributed by atoms with Crippen molar-refractivity contribution >= 4 is 54.6 Å². The molecule has 214 valence electrons. The van der Waals surface area contributed by atoms with Gasteiger partial charge in [0.05, 0.1) is 22.1 Å². The Bertz CT molecular complexity index is 1710. The summed E-state index contributed by atoms with van der Waals surface area (Å²) in [6.45, 7) is 3.70. The van der Waals surface area contributed by atoms with Crippen molar-refractivity contribution < 1.29 is 26.4 Å². The van der Waals surface area contributed by atoms with Crippen molar-refractivity contribution in [1.29, 1.82) is 0 Å². The number of carbonyl (C=O) groups excluding carboxylic acids is 1. The average molecular weight is 614 g/mol. The third-order valence-corrected chi connectivity index (χ3v) is 9.31. The van der Waals surface area contributed by atoms with E-state index >= 15 is 0 Å². The Morgan fingerprint density at radius 1 is 0.780 bits per heavy atom. The van der Waals surface area contributed by atoms with E-state index < -0.39 is 32.5 Å². The molecule has 0 aliphatic rings. The Morgan fingerprint density at radius 3 is 1.93 bits per heavy atom. The second-order valence-corrected chi connectivity index (χ2v) is 12.9. The maximum absolute atomic E-state index is 13.5. The van der Waals surface area contributed by atoms with Gasteiger partial charge in [-0.15, -0.1) is 0 Å². The second-order valence-electron chi connectivity index (χ2n) is 8.94. The molecular formula is C29H28ClN3O6S2. The highest BCUT2D eigenvalue weighted by Gasteiger charge is 2.27. The van der Waals surface area contributed by atoms with Crippen LogP contribution < -0.4 is 19.1 Å². The quantitative estimate of drug-likeness (QED) is 0.224. The van der Waals surface area contributed by atoms with Crippen molar-refractivity contribution in [3.05, 3.63) is 108 Å². The molecule has 1 amide bonds. The lowest BCUT2D eigenvalue weighted by Gasteiger charge is -2.24. The summed E-state index contributed by atoms with van der Waals surface area (Å²) in [4.78, 5) is 13.0. The van der Waals surface area contributed by atoms with E-state index in [9.17, 15) is 21.6 Å². The molecule has 0 spiro atoms. The van der Waals surface area contributed by atoms with Crippen LogP contribution in [-0.2, 0) is 24.8 Å². The van der Waals surface area contributed by atoms with Crippen LogP contribution in [0.15, 0.2) is 107 Å². The summed E-state index contributed by atoms with van der Waals surface area (Å²) in [5.41, 5.74) is 1.89. The van der Waals surface area contributed by atoms with Crippen molar-refractivity contribution in [3.63, 3.8) is 0 Å². The number of ether oxygens (including phenoxy) is 1. The van der Waals surface area contributed by atoms with E-state index in [1.165, 1.54) is 48.5 Å². The standard InChI is InChI=1S/C29H28ClN3O6S2/c1-3-39-26-14-8-24(9-15-26)32-40(35,36)27-18-10-23(11-19-27)31-29(34)20-33(25-12-4-21(2)5-13-25)41(37,38)28-16-6-22(30)7-17-28/h4-19,32H,3,20H2,1-2H3,(H,31,34). The van der Waals surface area contributed by atoms with Crippen LogP contribution in [0.25, 0.3) is 0 Å². The van der Waals surface area contributed by atoms with Crippen LogP contribution in [0.5, 0.6) is 5.75 Å². The fourth-order valence-electron chi connectivity index (χ4n) is 3.81. The number of sulfonamides is 2. The van der Waals surface area contributed by atoms with Crippen LogP contribution >= 0.6 is 11.6 Å². The summed E-state index contributed by atoms with van der Waals surface area (Å²) >= 11 is 5.93. The van der Waals surface area contributed by atoms with Gasteiger partial charge in [0.2, 0.25) is 5.91 Å². The molecule has 0 fully saturated rings. The van der Waals surface area contributed by atoms with E-state index in [2.05, 4.69) is 10.0 Å². The van der Waals surface area contributed by atoms with Gasteiger partial charge in [0.15, 0.2) is 0 Å². The molecule has 0 saturated carbocycles. The Labute approximate surface area is 244 Å². The molecule has 0 aromatic heterocycles. The van der Waals surface area contributed by atoms with Gasteiger partial charge in [-0.1, -0.05) is 29.3 Å². The van der Waals surface area contributed by atoms with Gasteiger partial charge in [-0.3, -0.25) is 13.8 Å². The number of benzene rings is 4. The Balaban J connectivity index is 1.49. The van der Waals surface area contributed by atoms with Crippen molar-refractivity contribution in [3.8, 4) is 5.75 Å². The molecule has 4 aromatic carbocycles. The van der Waals surface area contributed by atoms with Crippen LogP contribution in [0.3, 0.4) is 0 Å². The van der Waals surface area contributed by atoms with Gasteiger partial charge in [-0.05, 0) is 98.8 Å². The lowest BCUT2D eigenvalue weighted by atomic mass is 10.2. The van der Waals surface area contributed by atoms with Crippen molar-refractivity contribution in [2.75, 3.05) is 27.5 Å². The smallest absolute Gasteiger partial charge is 0.264 e. The Morgan fingerprint density at radius 2 is 1.34 bits per heavy atom. The minimum atomic E-state index is -4.11. The first-order valence-electron chi connectivity index (χ1n) is 12.5. The summed E-state index contributed by atoms with van der Waals surface area (Å²) < 4.78 is 61.5. The van der Waals surface area contributed by atoms with Crippen LogP contribution in [-0.4, -0.2) is 35.9 Å². The number of carbonyl (C=O) groups is 1. The molecule has 0 radical (unpaired) electrons. The van der Waals surface area contributed by atoms with E-state index in [-0.39, 0.29) is 9.79 Å². The van der Waals surface area contributed by atoms with Gasteiger partial charge in [-0.2, -0.15) is 0 Å². The molecule has 4 aromatic rings. The summed E-state index contributed by atoms with van der Waals surface area (Å²) in [7, 11) is -8.01. The fourth-order valence-corrected chi connectivity index (χ4v) is 6.41. The second kappa shape index (κ2) is 12.6. The van der Waals surface area contributed by atoms with E-state index in [1.54, 1.807) is 48.5 Å². The number of nitrogens with zero attached hydrogens (tertiary/aromatic N) is 1. The topological polar surface area (TPSA) is 122 Å². The minimum Gasteiger partial charge on any atom is -0.494 e. The number of amides is 1. The van der Waals surface area contributed by atoms with Crippen molar-refractivity contribution in [1.82, 2.24) is 0 Å². The average Bonchev–Trinajstić information content (AvgIpc) is 2.94. The summed E-state index contributed by atoms with van der Waals surface area (Å²) in [5.74, 6) is 0.00341. The number of halogens is 1. The summed E-state index contributed by atoms with van der Waals surface area (Å²) in [5, 5.41) is 3.02. The molecule has 12 heteroatoms. The molecular weight excluding hydrogens is 586 g/mol. The molecule has 0 unspecified atom stereocenters. The van der Waals surface area contributed by atoms with E-state index in [0.717, 1.165) is 9.87 Å². The Kier molecular flexibility index (Phi) is 9.21. The predicted octanol–water partition coefficient (Wildman–Crippen LogP) is 5.68. The maximum Gasteiger partial charge on any atom is 0.264 e. The van der Waals surface area contributed by atoms with Crippen molar-refractivity contribution in [2.45, 2.75) is 23.6 Å². The first-order valence-corrected chi connectivity index (χ1v) is 15.8. The van der Waals surface area contributed by atoms with E-state index in [1.807, 2.05) is 13.8 Å². The SMILES string of the molecule is CCOc1ccc(NS(=O)(=O)c2ccc(NC(=O)CN(c3ccc(C)cc3)S(=O)(=O)c3ccc(Cl)cc3)cc2)cc1. The van der Waals surface area contributed by atoms with Gasteiger partial charge >= 0.3 is 0 Å². The molecule has 0 atom stereocenters. The number of aryl methyl sites for hydroxylation is 1. The van der Waals surface area contributed by atoms with Crippen molar-refractivity contribution in [2.24, 2.45) is 0 Å². The molecule has 0 aliphatic heterocycles. The van der Waals surface area contributed by atoms with Gasteiger partial charge < -0.3 is 10.1 Å². The Hall–Kier alpha value is -4.06. The highest BCUT2D eigenvalue weighted by Crippen LogP contribution is 2.26. The molecule has 9 nitrogen and oxygen atoms in total.